The van der Waals surface area contributed by atoms with Crippen LogP contribution in [-0.2, 0) is 0 Å². The zero-order valence-electron chi connectivity index (χ0n) is 30.5. The second-order valence-corrected chi connectivity index (χ2v) is 17.3. The van der Waals surface area contributed by atoms with E-state index in [-0.39, 0.29) is 0 Å². The fourth-order valence-corrected chi connectivity index (χ4v) is 12.0. The lowest BCUT2D eigenvalue weighted by atomic mass is 9.85. The van der Waals surface area contributed by atoms with Crippen LogP contribution in [0.5, 0.6) is 0 Å². The molecule has 0 saturated heterocycles. The van der Waals surface area contributed by atoms with Gasteiger partial charge in [-0.15, -0.1) is 22.7 Å². The smallest absolute Gasteiger partial charge is 0.136 e. The van der Waals surface area contributed by atoms with E-state index >= 15 is 0 Å². The first-order chi connectivity index (χ1) is 28.2. The van der Waals surface area contributed by atoms with Crippen LogP contribution in [0.3, 0.4) is 0 Å². The largest absolute Gasteiger partial charge is 0.456 e. The lowest BCUT2D eigenvalue weighted by molar-refractivity contribution is 0.669. The predicted molar refractivity (Wildman–Crippen MR) is 248 cm³/mol. The van der Waals surface area contributed by atoms with Gasteiger partial charge in [-0.25, -0.2) is 0 Å². The summed E-state index contributed by atoms with van der Waals surface area (Å²) in [5.74, 6) is 0. The van der Waals surface area contributed by atoms with Crippen molar-refractivity contribution in [3.05, 3.63) is 182 Å². The number of hydrogen-bond acceptors (Lipinski definition) is 3. The average molecular weight is 759 g/mol. The number of hydrogen-bond donors (Lipinski definition) is 0. The van der Waals surface area contributed by atoms with Gasteiger partial charge in [-0.3, -0.25) is 0 Å². The lowest BCUT2D eigenvalue weighted by Crippen LogP contribution is -1.91. The molecule has 0 unspecified atom stereocenters. The molecule has 57 heavy (non-hydrogen) atoms. The van der Waals surface area contributed by atoms with Gasteiger partial charge < -0.3 is 4.42 Å². The summed E-state index contributed by atoms with van der Waals surface area (Å²) in [6.45, 7) is 0. The van der Waals surface area contributed by atoms with Crippen LogP contribution >= 0.6 is 22.7 Å². The SMILES string of the molecule is c1ccc2c(c1)oc1cc(-c3c4ccccc4c(-c4ccc(-c5ccc6cc7sc8c(ccc9c%10ccccc%10sc98)c7cc6c5)cc4)c4ccccc34)ccc12. The van der Waals surface area contributed by atoms with Crippen molar-refractivity contribution in [3.8, 4) is 33.4 Å². The Labute approximate surface area is 335 Å². The van der Waals surface area contributed by atoms with E-state index in [9.17, 15) is 0 Å². The van der Waals surface area contributed by atoms with Crippen LogP contribution in [0.25, 0.3) is 128 Å². The molecule has 0 saturated carbocycles. The molecule has 264 valence electrons. The third-order valence-corrected chi connectivity index (χ3v) is 14.6. The minimum Gasteiger partial charge on any atom is -0.456 e. The molecule has 0 aliphatic heterocycles. The highest BCUT2D eigenvalue weighted by Gasteiger charge is 2.19. The summed E-state index contributed by atoms with van der Waals surface area (Å²) in [4.78, 5) is 0. The fraction of sp³-hybridized carbons (Fsp3) is 0. The van der Waals surface area contributed by atoms with E-state index in [1.165, 1.54) is 100 Å². The van der Waals surface area contributed by atoms with E-state index in [0.29, 0.717) is 0 Å². The Morgan fingerprint density at radius 1 is 0.281 bits per heavy atom. The van der Waals surface area contributed by atoms with Crippen LogP contribution < -0.4 is 0 Å². The molecular weight excluding hydrogens is 729 g/mol. The monoisotopic (exact) mass is 758 g/mol. The molecule has 0 bridgehead atoms. The number of benzene rings is 10. The molecule has 1 nitrogen and oxygen atoms in total. The predicted octanol–water partition coefficient (Wildman–Crippen LogP) is 16.8. The minimum atomic E-state index is 0.914. The maximum absolute atomic E-state index is 6.36. The van der Waals surface area contributed by atoms with E-state index in [0.717, 1.165) is 27.5 Å². The fourth-order valence-electron chi connectivity index (χ4n) is 9.40. The van der Waals surface area contributed by atoms with Gasteiger partial charge in [-0.05, 0) is 108 Å². The molecular formula is C54H30OS2. The van der Waals surface area contributed by atoms with Crippen LogP contribution in [0, 0.1) is 0 Å². The van der Waals surface area contributed by atoms with E-state index in [1.54, 1.807) is 0 Å². The Kier molecular flexibility index (Phi) is 6.54. The molecule has 0 atom stereocenters. The Balaban J connectivity index is 0.924. The molecule has 3 aromatic heterocycles. The van der Waals surface area contributed by atoms with Gasteiger partial charge in [0.25, 0.3) is 0 Å². The quantitative estimate of drug-likeness (QED) is 0.164. The summed E-state index contributed by atoms with van der Waals surface area (Å²) in [5, 5.41) is 15.2. The van der Waals surface area contributed by atoms with Gasteiger partial charge in [0.2, 0.25) is 0 Å². The lowest BCUT2D eigenvalue weighted by Gasteiger charge is -2.18. The van der Waals surface area contributed by atoms with E-state index in [2.05, 4.69) is 170 Å². The first-order valence-electron chi connectivity index (χ1n) is 19.4. The molecule has 3 heteroatoms. The molecule has 10 aromatic carbocycles. The molecule has 13 rings (SSSR count). The van der Waals surface area contributed by atoms with Crippen molar-refractivity contribution in [1.82, 2.24) is 0 Å². The van der Waals surface area contributed by atoms with Crippen LogP contribution in [0.15, 0.2) is 186 Å². The molecule has 0 fully saturated rings. The molecule has 0 radical (unpaired) electrons. The zero-order valence-corrected chi connectivity index (χ0v) is 32.2. The van der Waals surface area contributed by atoms with Crippen LogP contribution in [0.4, 0.5) is 0 Å². The summed E-state index contributed by atoms with van der Waals surface area (Å²) in [5.41, 5.74) is 9.15. The Morgan fingerprint density at radius 2 is 0.807 bits per heavy atom. The van der Waals surface area contributed by atoms with Crippen molar-refractivity contribution in [1.29, 1.82) is 0 Å². The second-order valence-electron chi connectivity index (χ2n) is 15.2. The maximum Gasteiger partial charge on any atom is 0.136 e. The molecule has 0 aliphatic rings. The van der Waals surface area contributed by atoms with E-state index in [4.69, 9.17) is 4.42 Å². The van der Waals surface area contributed by atoms with Gasteiger partial charge in [0.15, 0.2) is 0 Å². The van der Waals surface area contributed by atoms with Gasteiger partial charge in [0, 0.05) is 41.7 Å². The van der Waals surface area contributed by atoms with Crippen molar-refractivity contribution in [2.24, 2.45) is 0 Å². The molecule has 0 spiro atoms. The summed E-state index contributed by atoms with van der Waals surface area (Å²) in [6, 6.07) is 67.1. The van der Waals surface area contributed by atoms with E-state index in [1.807, 2.05) is 34.8 Å². The molecule has 0 amide bonds. The number of furan rings is 1. The summed E-state index contributed by atoms with van der Waals surface area (Å²) >= 11 is 3.85. The molecule has 3 heterocycles. The van der Waals surface area contributed by atoms with Crippen molar-refractivity contribution >= 4 is 117 Å². The van der Waals surface area contributed by atoms with Crippen molar-refractivity contribution in [2.45, 2.75) is 0 Å². The average Bonchev–Trinajstić information content (AvgIpc) is 3.95. The van der Waals surface area contributed by atoms with Crippen molar-refractivity contribution in [3.63, 3.8) is 0 Å². The second kappa shape index (κ2) is 11.9. The molecule has 0 N–H and O–H groups in total. The zero-order chi connectivity index (χ0) is 37.2. The van der Waals surface area contributed by atoms with Gasteiger partial charge in [-0.2, -0.15) is 0 Å². The molecule has 0 aliphatic carbocycles. The normalized spacial score (nSPS) is 12.2. The third kappa shape index (κ3) is 4.61. The highest BCUT2D eigenvalue weighted by molar-refractivity contribution is 7.33. The van der Waals surface area contributed by atoms with E-state index < -0.39 is 0 Å². The highest BCUT2D eigenvalue weighted by Crippen LogP contribution is 2.47. The summed E-state index contributed by atoms with van der Waals surface area (Å²) < 4.78 is 11.9. The first-order valence-corrected chi connectivity index (χ1v) is 21.0. The number of fused-ring (bicyclic) bond motifs is 13. The number of para-hydroxylation sites is 1. The minimum absolute atomic E-state index is 0.914. The van der Waals surface area contributed by atoms with Gasteiger partial charge in [-0.1, -0.05) is 140 Å². The topological polar surface area (TPSA) is 13.1 Å². The highest BCUT2D eigenvalue weighted by atomic mass is 32.1. The standard InChI is InChI=1S/C54H30OS2/c1-3-13-42-40(11-1)51(41-12-2-4-14-43(41)52(42)35-23-24-38-37-9-5-7-15-47(37)55-48(38)29-35)32-19-17-31(18-20-32)33-21-22-34-30-50-46(28-36(34)27-33)45-26-25-44-39-10-6-8-16-49(39)56-53(44)54(45)57-50/h1-30H. The van der Waals surface area contributed by atoms with Crippen LogP contribution in [-0.4, -0.2) is 0 Å². The first kappa shape index (κ1) is 31.4. The summed E-state index contributed by atoms with van der Waals surface area (Å²) in [7, 11) is 0. The number of rotatable bonds is 3. The Hall–Kier alpha value is -6.78. The Bertz CT molecular complexity index is 3750. The summed E-state index contributed by atoms with van der Waals surface area (Å²) in [6.07, 6.45) is 0. The van der Waals surface area contributed by atoms with Crippen molar-refractivity contribution < 1.29 is 4.42 Å². The van der Waals surface area contributed by atoms with Crippen molar-refractivity contribution in [2.75, 3.05) is 0 Å². The van der Waals surface area contributed by atoms with Gasteiger partial charge in [0.05, 0.1) is 9.40 Å². The maximum atomic E-state index is 6.36. The van der Waals surface area contributed by atoms with Gasteiger partial charge >= 0.3 is 0 Å². The third-order valence-electron chi connectivity index (χ3n) is 12.0. The van der Waals surface area contributed by atoms with Crippen LogP contribution in [0.2, 0.25) is 0 Å². The van der Waals surface area contributed by atoms with Crippen LogP contribution in [0.1, 0.15) is 0 Å². The number of thiophene rings is 2. The Morgan fingerprint density at radius 3 is 1.54 bits per heavy atom. The van der Waals surface area contributed by atoms with Gasteiger partial charge in [0.1, 0.15) is 11.2 Å². The molecule has 13 aromatic rings.